The molecule has 0 saturated carbocycles. The number of nitrogens with two attached hydrogens (primary N) is 1. The first-order valence-electron chi connectivity index (χ1n) is 7.33. The summed E-state index contributed by atoms with van der Waals surface area (Å²) in [5.74, 6) is 0.357. The van der Waals surface area contributed by atoms with Crippen LogP contribution in [0.2, 0.25) is 0 Å². The van der Waals surface area contributed by atoms with Gasteiger partial charge in [-0.3, -0.25) is 0 Å². The number of ether oxygens (including phenoxy) is 1. The van der Waals surface area contributed by atoms with E-state index in [2.05, 4.69) is 4.90 Å². The minimum absolute atomic E-state index is 0.176. The van der Waals surface area contributed by atoms with Crippen molar-refractivity contribution in [3.8, 4) is 0 Å². The van der Waals surface area contributed by atoms with Crippen molar-refractivity contribution in [2.24, 2.45) is 11.7 Å². The molecule has 0 radical (unpaired) electrons. The maximum Gasteiger partial charge on any atom is 0.126 e. The second kappa shape index (κ2) is 6.55. The topological polar surface area (TPSA) is 38.5 Å². The van der Waals surface area contributed by atoms with E-state index >= 15 is 0 Å². The van der Waals surface area contributed by atoms with Crippen LogP contribution in [0, 0.1) is 18.7 Å². The fraction of sp³-hybridized carbons (Fsp3) is 0.625. The average Bonchev–Trinajstić information content (AvgIpc) is 2.42. The van der Waals surface area contributed by atoms with Crippen LogP contribution in [0.15, 0.2) is 12.1 Å². The lowest BCUT2D eigenvalue weighted by Gasteiger charge is -2.30. The Hall–Kier alpha value is -1.13. The van der Waals surface area contributed by atoms with Gasteiger partial charge in [-0.2, -0.15) is 0 Å². The minimum Gasteiger partial charge on any atom is -0.381 e. The Kier molecular flexibility index (Phi) is 5.00. The first-order chi connectivity index (χ1) is 9.49. The van der Waals surface area contributed by atoms with Crippen LogP contribution in [0.5, 0.6) is 0 Å². The first-order valence-corrected chi connectivity index (χ1v) is 7.33. The number of hydrogen-bond donors (Lipinski definition) is 1. The molecule has 4 heteroatoms. The van der Waals surface area contributed by atoms with Gasteiger partial charge in [-0.1, -0.05) is 0 Å². The lowest BCUT2D eigenvalue weighted by molar-refractivity contribution is 0.0576. The molecule has 20 heavy (non-hydrogen) atoms. The molecule has 0 bridgehead atoms. The minimum atomic E-state index is -0.185. The number of anilines is 1. The molecule has 0 spiro atoms. The summed E-state index contributed by atoms with van der Waals surface area (Å²) in [6.07, 6.45) is 2.32. The number of nitrogens with zero attached hydrogens (tertiary/aromatic N) is 1. The summed E-state index contributed by atoms with van der Waals surface area (Å²) < 4.78 is 19.3. The van der Waals surface area contributed by atoms with Crippen LogP contribution in [0.4, 0.5) is 10.1 Å². The van der Waals surface area contributed by atoms with Crippen molar-refractivity contribution < 1.29 is 9.13 Å². The summed E-state index contributed by atoms with van der Waals surface area (Å²) in [4.78, 5) is 2.18. The highest BCUT2D eigenvalue weighted by atomic mass is 19.1. The second-order valence-electron chi connectivity index (χ2n) is 5.91. The van der Waals surface area contributed by atoms with Crippen LogP contribution >= 0.6 is 0 Å². The highest BCUT2D eigenvalue weighted by molar-refractivity contribution is 5.56. The zero-order valence-corrected chi connectivity index (χ0v) is 12.7. The highest BCUT2D eigenvalue weighted by Crippen LogP contribution is 2.29. The highest BCUT2D eigenvalue weighted by Gasteiger charge is 2.19. The van der Waals surface area contributed by atoms with E-state index in [9.17, 15) is 4.39 Å². The van der Waals surface area contributed by atoms with E-state index in [-0.39, 0.29) is 11.9 Å². The molecule has 1 heterocycles. The lowest BCUT2D eigenvalue weighted by Crippen LogP contribution is -2.32. The Labute approximate surface area is 120 Å². The molecule has 2 rings (SSSR count). The predicted molar refractivity (Wildman–Crippen MR) is 80.6 cm³/mol. The smallest absolute Gasteiger partial charge is 0.126 e. The van der Waals surface area contributed by atoms with Crippen molar-refractivity contribution >= 4 is 5.69 Å². The standard InChI is InChI=1S/C16H25FN2O/c1-11-7-16(14(12(2)18)8-15(11)17)19(3)9-13-5-4-6-20-10-13/h7-8,12-13H,4-6,9-10,18H2,1-3H3/t12-,13?/m0/s1. The van der Waals surface area contributed by atoms with E-state index in [1.807, 2.05) is 20.0 Å². The monoisotopic (exact) mass is 280 g/mol. The molecule has 0 aromatic heterocycles. The van der Waals surface area contributed by atoms with Crippen molar-refractivity contribution in [3.63, 3.8) is 0 Å². The molecule has 1 aromatic carbocycles. The quantitative estimate of drug-likeness (QED) is 0.921. The van der Waals surface area contributed by atoms with E-state index in [0.29, 0.717) is 11.5 Å². The molecule has 1 aliphatic heterocycles. The number of halogens is 1. The zero-order chi connectivity index (χ0) is 14.7. The number of aryl methyl sites for hydroxylation is 1. The third-order valence-electron chi connectivity index (χ3n) is 4.00. The van der Waals surface area contributed by atoms with Gasteiger partial charge in [-0.05, 0) is 55.9 Å². The Balaban J connectivity index is 2.19. The Bertz CT molecular complexity index is 456. The van der Waals surface area contributed by atoms with Gasteiger partial charge < -0.3 is 15.4 Å². The maximum absolute atomic E-state index is 13.7. The SMILES string of the molecule is Cc1cc(N(C)CC2CCCOC2)c([C@H](C)N)cc1F. The summed E-state index contributed by atoms with van der Waals surface area (Å²) in [5, 5.41) is 0. The van der Waals surface area contributed by atoms with Gasteiger partial charge in [0.15, 0.2) is 0 Å². The van der Waals surface area contributed by atoms with Crippen molar-refractivity contribution in [2.45, 2.75) is 32.7 Å². The van der Waals surface area contributed by atoms with E-state index in [1.165, 1.54) is 6.42 Å². The van der Waals surface area contributed by atoms with Crippen LogP contribution < -0.4 is 10.6 Å². The van der Waals surface area contributed by atoms with Crippen molar-refractivity contribution in [1.29, 1.82) is 0 Å². The van der Waals surface area contributed by atoms with Gasteiger partial charge in [0.1, 0.15) is 5.82 Å². The molecule has 1 fully saturated rings. The van der Waals surface area contributed by atoms with Gasteiger partial charge in [0.05, 0.1) is 6.61 Å². The maximum atomic E-state index is 13.7. The largest absolute Gasteiger partial charge is 0.381 e. The van der Waals surface area contributed by atoms with Crippen LogP contribution in [-0.2, 0) is 4.74 Å². The van der Waals surface area contributed by atoms with E-state index in [0.717, 1.165) is 37.4 Å². The number of benzene rings is 1. The van der Waals surface area contributed by atoms with Gasteiger partial charge in [0.25, 0.3) is 0 Å². The van der Waals surface area contributed by atoms with Gasteiger partial charge in [-0.25, -0.2) is 4.39 Å². The molecular formula is C16H25FN2O. The molecule has 3 nitrogen and oxygen atoms in total. The zero-order valence-electron chi connectivity index (χ0n) is 12.7. The van der Waals surface area contributed by atoms with Crippen molar-refractivity contribution in [1.82, 2.24) is 0 Å². The molecule has 1 saturated heterocycles. The van der Waals surface area contributed by atoms with Gasteiger partial charge in [-0.15, -0.1) is 0 Å². The summed E-state index contributed by atoms with van der Waals surface area (Å²) in [5.41, 5.74) is 8.55. The van der Waals surface area contributed by atoms with E-state index in [1.54, 1.807) is 13.0 Å². The van der Waals surface area contributed by atoms with Crippen LogP contribution in [-0.4, -0.2) is 26.8 Å². The normalized spacial score (nSPS) is 20.8. The Morgan fingerprint density at radius 3 is 2.85 bits per heavy atom. The van der Waals surface area contributed by atoms with E-state index in [4.69, 9.17) is 10.5 Å². The van der Waals surface area contributed by atoms with Crippen LogP contribution in [0.1, 0.15) is 36.9 Å². The Morgan fingerprint density at radius 2 is 2.25 bits per heavy atom. The predicted octanol–water partition coefficient (Wildman–Crippen LogP) is 3.02. The van der Waals surface area contributed by atoms with Gasteiger partial charge in [0.2, 0.25) is 0 Å². The fourth-order valence-electron chi connectivity index (χ4n) is 2.81. The van der Waals surface area contributed by atoms with Crippen molar-refractivity contribution in [2.75, 3.05) is 31.7 Å². The van der Waals surface area contributed by atoms with Gasteiger partial charge >= 0.3 is 0 Å². The number of hydrogen-bond acceptors (Lipinski definition) is 3. The second-order valence-corrected chi connectivity index (χ2v) is 5.91. The van der Waals surface area contributed by atoms with Crippen LogP contribution in [0.3, 0.4) is 0 Å². The molecule has 0 amide bonds. The third kappa shape index (κ3) is 3.49. The summed E-state index contributed by atoms with van der Waals surface area (Å²) in [6, 6.07) is 3.30. The molecular weight excluding hydrogens is 255 g/mol. The average molecular weight is 280 g/mol. The van der Waals surface area contributed by atoms with Crippen LogP contribution in [0.25, 0.3) is 0 Å². The molecule has 1 unspecified atom stereocenters. The molecule has 2 atom stereocenters. The molecule has 0 aliphatic carbocycles. The first kappa shape index (κ1) is 15.3. The fourth-order valence-corrected chi connectivity index (χ4v) is 2.81. The molecule has 112 valence electrons. The summed E-state index contributed by atoms with van der Waals surface area (Å²) in [6.45, 7) is 6.30. The Morgan fingerprint density at radius 1 is 1.50 bits per heavy atom. The lowest BCUT2D eigenvalue weighted by atomic mass is 9.99. The number of rotatable bonds is 4. The molecule has 1 aromatic rings. The molecule has 2 N–H and O–H groups in total. The summed E-state index contributed by atoms with van der Waals surface area (Å²) in [7, 11) is 2.05. The van der Waals surface area contributed by atoms with Crippen molar-refractivity contribution in [3.05, 3.63) is 29.1 Å². The van der Waals surface area contributed by atoms with E-state index < -0.39 is 0 Å². The van der Waals surface area contributed by atoms with Gasteiger partial charge in [0, 0.05) is 31.9 Å². The molecule has 1 aliphatic rings. The third-order valence-corrected chi connectivity index (χ3v) is 4.00. The summed E-state index contributed by atoms with van der Waals surface area (Å²) >= 11 is 0.